The average Bonchev–Trinajstić information content (AvgIpc) is 2.93. The van der Waals surface area contributed by atoms with Crippen molar-refractivity contribution < 1.29 is 32.6 Å². The van der Waals surface area contributed by atoms with Crippen molar-refractivity contribution in [2.24, 2.45) is 0 Å². The summed E-state index contributed by atoms with van der Waals surface area (Å²) in [7, 11) is 0.129. The Hall–Kier alpha value is -3.44. The second kappa shape index (κ2) is 15.9. The Kier molecular flexibility index (Phi) is 12.6. The maximum atomic E-state index is 13.1. The zero-order valence-corrected chi connectivity index (χ0v) is 27.7. The number of carbonyl (C=O) groups is 2. The highest BCUT2D eigenvalue weighted by molar-refractivity contribution is 9.10. The van der Waals surface area contributed by atoms with Crippen LogP contribution in [0.2, 0.25) is 25.7 Å². The van der Waals surface area contributed by atoms with E-state index in [1.807, 2.05) is 55.5 Å². The maximum absolute atomic E-state index is 13.1. The molecule has 1 unspecified atom stereocenters. The molecular weight excluding hydrogens is 638 g/mol. The molecule has 2 amide bonds. The van der Waals surface area contributed by atoms with Gasteiger partial charge in [-0.25, -0.2) is 4.79 Å². The Morgan fingerprint density at radius 2 is 1.70 bits per heavy atom. The molecule has 3 rings (SSSR count). The molecule has 0 saturated heterocycles. The number of alkyl halides is 2. The van der Waals surface area contributed by atoms with Crippen LogP contribution in [0.15, 0.2) is 71.2 Å². The molecule has 3 aromatic rings. The second-order valence-corrected chi connectivity index (χ2v) is 18.1. The van der Waals surface area contributed by atoms with Crippen LogP contribution in [-0.4, -0.2) is 45.2 Å². The number of nitrogens with one attached hydrogen (secondary N) is 1. The number of hydrogen-bond donors (Lipinski definition) is 1. The zero-order chi connectivity index (χ0) is 31.6. The van der Waals surface area contributed by atoms with E-state index in [4.69, 9.17) is 9.47 Å². The minimum atomic E-state index is -3.04. The lowest BCUT2D eigenvalue weighted by Crippen LogP contribution is -2.30. The van der Waals surface area contributed by atoms with Crippen molar-refractivity contribution in [3.63, 3.8) is 0 Å². The van der Waals surface area contributed by atoms with Gasteiger partial charge in [0.2, 0.25) is 5.91 Å². The molecule has 1 atom stereocenters. The molecule has 0 radical (unpaired) electrons. The molecule has 0 heterocycles. The first-order chi connectivity index (χ1) is 20.3. The molecule has 0 aliphatic carbocycles. The third-order valence-electron chi connectivity index (χ3n) is 6.59. The molecule has 0 aliphatic heterocycles. The predicted octanol–water partition coefficient (Wildman–Crippen LogP) is 8.67. The number of carbonyl (C=O) groups excluding carboxylic acids is 2. The quantitative estimate of drug-likeness (QED) is 0.173. The Labute approximate surface area is 261 Å². The lowest BCUT2D eigenvalue weighted by Gasteiger charge is -2.21. The number of halogens is 3. The van der Waals surface area contributed by atoms with Crippen molar-refractivity contribution in [1.82, 2.24) is 4.90 Å². The van der Waals surface area contributed by atoms with Gasteiger partial charge < -0.3 is 24.4 Å². The number of rotatable bonds is 14. The largest absolute Gasteiger partial charge is 0.489 e. The molecule has 7 nitrogen and oxygen atoms in total. The Morgan fingerprint density at radius 1 is 1.00 bits per heavy atom. The minimum Gasteiger partial charge on any atom is -0.489 e. The third-order valence-corrected chi connectivity index (χ3v) is 8.79. The zero-order valence-electron chi connectivity index (χ0n) is 25.2. The van der Waals surface area contributed by atoms with Crippen molar-refractivity contribution in [3.05, 3.63) is 87.9 Å². The normalized spacial score (nSPS) is 12.0. The Bertz CT molecular complexity index is 1370. The van der Waals surface area contributed by atoms with E-state index < -0.39 is 20.8 Å². The second-order valence-electron chi connectivity index (χ2n) is 11.6. The molecule has 0 aromatic heterocycles. The highest BCUT2D eigenvalue weighted by Gasteiger charge is 2.20. The van der Waals surface area contributed by atoms with Crippen molar-refractivity contribution in [3.8, 4) is 11.5 Å². The highest BCUT2D eigenvalue weighted by Crippen LogP contribution is 2.33. The lowest BCUT2D eigenvalue weighted by molar-refractivity contribution is -0.116. The molecule has 0 saturated carbocycles. The van der Waals surface area contributed by atoms with E-state index in [0.717, 1.165) is 21.6 Å². The monoisotopic (exact) mass is 676 g/mol. The number of anilines is 1. The summed E-state index contributed by atoms with van der Waals surface area (Å²) in [5, 5.41) is 2.84. The minimum absolute atomic E-state index is 0.0475. The van der Waals surface area contributed by atoms with Gasteiger partial charge in [-0.15, -0.1) is 0 Å². The van der Waals surface area contributed by atoms with Crippen LogP contribution >= 0.6 is 15.9 Å². The van der Waals surface area contributed by atoms with Crippen LogP contribution in [0.1, 0.15) is 36.0 Å². The number of amides is 2. The highest BCUT2D eigenvalue weighted by atomic mass is 79.9. The first-order valence-corrected chi connectivity index (χ1v) is 18.5. The molecule has 0 aliphatic rings. The fourth-order valence-corrected chi connectivity index (χ4v) is 5.33. The van der Waals surface area contributed by atoms with Gasteiger partial charge in [0.1, 0.15) is 18.1 Å². The fraction of sp³-hybridized carbons (Fsp3) is 0.375. The summed E-state index contributed by atoms with van der Waals surface area (Å²) >= 11 is 3.51. The molecule has 0 bridgehead atoms. The van der Waals surface area contributed by atoms with Crippen LogP contribution in [0.3, 0.4) is 0 Å². The van der Waals surface area contributed by atoms with Crippen LogP contribution in [0.4, 0.5) is 19.3 Å². The number of hydrogen-bond acceptors (Lipinski definition) is 5. The van der Waals surface area contributed by atoms with E-state index in [1.54, 1.807) is 0 Å². The number of ether oxygens (including phenoxy) is 3. The molecule has 11 heteroatoms. The fourth-order valence-electron chi connectivity index (χ4n) is 4.24. The molecule has 43 heavy (non-hydrogen) atoms. The summed E-state index contributed by atoms with van der Waals surface area (Å²) < 4.78 is 43.2. The van der Waals surface area contributed by atoms with Gasteiger partial charge in [-0.1, -0.05) is 72.8 Å². The number of nitrogens with zero attached hydrogens (tertiary/aromatic N) is 1. The summed E-state index contributed by atoms with van der Waals surface area (Å²) in [4.78, 5) is 26.9. The van der Waals surface area contributed by atoms with Crippen LogP contribution in [0, 0.1) is 0 Å². The first kappa shape index (κ1) is 34.1. The molecule has 3 aromatic carbocycles. The van der Waals surface area contributed by atoms with Crippen LogP contribution < -0.4 is 14.8 Å². The van der Waals surface area contributed by atoms with E-state index in [1.165, 1.54) is 30.1 Å². The van der Waals surface area contributed by atoms with Gasteiger partial charge in [0.15, 0.2) is 0 Å². The first-order valence-electron chi connectivity index (χ1n) is 14.0. The average molecular weight is 678 g/mol. The Morgan fingerprint density at radius 3 is 2.37 bits per heavy atom. The van der Waals surface area contributed by atoms with Crippen LogP contribution in [0.25, 0.3) is 0 Å². The SMILES string of the molecule is CC(CC(=O)Nc1ccc(OC(F)F)c(CN(C)C(=O)OCC[Si](C)(C)C)c1)c1cc(Br)ccc1OCc1ccccc1. The summed E-state index contributed by atoms with van der Waals surface area (Å²) in [6.07, 6.45) is -0.421. The van der Waals surface area contributed by atoms with Crippen LogP contribution in [0.5, 0.6) is 11.5 Å². The van der Waals surface area contributed by atoms with Crippen molar-refractivity contribution in [2.45, 2.75) is 64.7 Å². The van der Waals surface area contributed by atoms with E-state index in [2.05, 4.69) is 45.6 Å². The van der Waals surface area contributed by atoms with Crippen molar-refractivity contribution in [1.29, 1.82) is 0 Å². The summed E-state index contributed by atoms with van der Waals surface area (Å²) in [6, 6.07) is 20.7. The van der Waals surface area contributed by atoms with Crippen molar-refractivity contribution >= 4 is 41.7 Å². The Balaban J connectivity index is 1.68. The predicted molar refractivity (Wildman–Crippen MR) is 171 cm³/mol. The van der Waals surface area contributed by atoms with Crippen LogP contribution in [-0.2, 0) is 22.7 Å². The van der Waals surface area contributed by atoms with Gasteiger partial charge in [-0.3, -0.25) is 4.79 Å². The summed E-state index contributed by atoms with van der Waals surface area (Å²) in [6.45, 7) is 6.06. The smallest absolute Gasteiger partial charge is 0.409 e. The standard InChI is InChI=1S/C32H39BrF2N2O5Si/c1-22(27-19-25(33)11-13-29(27)41-21-23-9-7-6-8-10-23)17-30(38)36-26-12-14-28(42-31(34)35)24(18-26)20-37(2)32(39)40-15-16-43(3,4)5/h6-14,18-19,22,31H,15-17,20-21H2,1-5H3,(H,36,38). The van der Waals surface area contributed by atoms with Crippen molar-refractivity contribution in [2.75, 3.05) is 19.0 Å². The van der Waals surface area contributed by atoms with Gasteiger partial charge in [-0.2, -0.15) is 8.78 Å². The molecule has 0 fully saturated rings. The number of benzene rings is 3. The lowest BCUT2D eigenvalue weighted by atomic mass is 9.96. The summed E-state index contributed by atoms with van der Waals surface area (Å²) in [5.41, 5.74) is 2.60. The maximum Gasteiger partial charge on any atom is 0.409 e. The molecule has 232 valence electrons. The van der Waals surface area contributed by atoms with Gasteiger partial charge in [0.05, 0.1) is 13.2 Å². The van der Waals surface area contributed by atoms with Gasteiger partial charge in [0, 0.05) is 37.3 Å². The van der Waals surface area contributed by atoms with E-state index >= 15 is 0 Å². The molecular formula is C32H39BrF2N2O5Si. The summed E-state index contributed by atoms with van der Waals surface area (Å²) in [5.74, 6) is 0.135. The van der Waals surface area contributed by atoms with E-state index in [0.29, 0.717) is 30.2 Å². The molecule has 0 spiro atoms. The molecule has 1 N–H and O–H groups in total. The third kappa shape index (κ3) is 11.6. The van der Waals surface area contributed by atoms with E-state index in [9.17, 15) is 18.4 Å². The van der Waals surface area contributed by atoms with Gasteiger partial charge >= 0.3 is 12.7 Å². The van der Waals surface area contributed by atoms with E-state index in [-0.39, 0.29) is 30.5 Å². The van der Waals surface area contributed by atoms with Gasteiger partial charge in [-0.05, 0) is 59.5 Å². The van der Waals surface area contributed by atoms with Gasteiger partial charge in [0.25, 0.3) is 0 Å². The topological polar surface area (TPSA) is 77.1 Å².